The number of hydrogen-bond donors (Lipinski definition) is 0. The third kappa shape index (κ3) is 62.6. The Kier molecular flexibility index (Phi) is 62.6. The highest BCUT2D eigenvalue weighted by molar-refractivity contribution is 5.71. The molecule has 0 aliphatic rings. The molecule has 1 atom stereocenters. The van der Waals surface area contributed by atoms with Gasteiger partial charge < -0.3 is 14.2 Å². The first-order valence-electron chi connectivity index (χ1n) is 33.8. The maximum absolute atomic E-state index is 12.9. The normalized spacial score (nSPS) is 12.1. The van der Waals surface area contributed by atoms with Crippen molar-refractivity contribution in [2.45, 2.75) is 386 Å². The number of ether oxygens (including phenoxy) is 3. The fourth-order valence-corrected chi connectivity index (χ4v) is 10.3. The zero-order chi connectivity index (χ0) is 54.3. The van der Waals surface area contributed by atoms with Crippen molar-refractivity contribution in [2.75, 3.05) is 13.2 Å². The van der Waals surface area contributed by atoms with Crippen molar-refractivity contribution in [3.63, 3.8) is 0 Å². The van der Waals surface area contributed by atoms with Gasteiger partial charge in [0.25, 0.3) is 0 Å². The lowest BCUT2D eigenvalue weighted by atomic mass is 10.0. The van der Waals surface area contributed by atoms with Crippen LogP contribution in [0.1, 0.15) is 380 Å². The molecule has 1 unspecified atom stereocenters. The van der Waals surface area contributed by atoms with Crippen molar-refractivity contribution in [3.8, 4) is 0 Å². The third-order valence-electron chi connectivity index (χ3n) is 15.4. The molecule has 0 aliphatic carbocycles. The van der Waals surface area contributed by atoms with Gasteiger partial charge in [0.15, 0.2) is 6.10 Å². The molecule has 0 aromatic heterocycles. The lowest BCUT2D eigenvalue weighted by molar-refractivity contribution is -0.167. The van der Waals surface area contributed by atoms with Crippen LogP contribution in [-0.2, 0) is 28.6 Å². The molecule has 0 heterocycles. The summed E-state index contributed by atoms with van der Waals surface area (Å²) in [5.74, 6) is -0.849. The summed E-state index contributed by atoms with van der Waals surface area (Å²) in [5, 5.41) is 0. The van der Waals surface area contributed by atoms with Gasteiger partial charge in [-0.2, -0.15) is 0 Å². The number of rotatable bonds is 63. The molecule has 0 fully saturated rings. The summed E-state index contributed by atoms with van der Waals surface area (Å²) in [4.78, 5) is 38.3. The summed E-state index contributed by atoms with van der Waals surface area (Å²) in [6.45, 7) is 6.68. The Bertz CT molecular complexity index is 1210. The molecule has 6 heteroatoms. The average Bonchev–Trinajstić information content (AvgIpc) is 3.41. The van der Waals surface area contributed by atoms with Crippen LogP contribution in [0.3, 0.4) is 0 Å². The van der Waals surface area contributed by atoms with Crippen LogP contribution < -0.4 is 0 Å². The highest BCUT2D eigenvalue weighted by Crippen LogP contribution is 2.18. The number of carbonyl (C=O) groups excluding carboxylic acids is 3. The Balaban J connectivity index is 4.18. The molecule has 0 bridgehead atoms. The molecule has 75 heavy (non-hydrogen) atoms. The van der Waals surface area contributed by atoms with E-state index in [2.05, 4.69) is 45.1 Å². The molecular weight excluding hydrogens is 925 g/mol. The van der Waals surface area contributed by atoms with Gasteiger partial charge in [-0.3, -0.25) is 14.4 Å². The van der Waals surface area contributed by atoms with Crippen LogP contribution >= 0.6 is 0 Å². The van der Waals surface area contributed by atoms with E-state index in [9.17, 15) is 14.4 Å². The Morgan fingerprint density at radius 1 is 0.253 bits per heavy atom. The van der Waals surface area contributed by atoms with E-state index >= 15 is 0 Å². The van der Waals surface area contributed by atoms with Crippen molar-refractivity contribution >= 4 is 17.9 Å². The fourth-order valence-electron chi connectivity index (χ4n) is 10.3. The second-order valence-corrected chi connectivity index (χ2v) is 23.1. The molecule has 0 aromatic carbocycles. The average molecular weight is 1060 g/mol. The first-order chi connectivity index (χ1) is 37.0. The monoisotopic (exact) mass is 1050 g/mol. The van der Waals surface area contributed by atoms with Crippen LogP contribution in [0.25, 0.3) is 0 Å². The van der Waals surface area contributed by atoms with Crippen molar-refractivity contribution in [1.29, 1.82) is 0 Å². The van der Waals surface area contributed by atoms with E-state index in [1.54, 1.807) is 0 Å². The van der Waals surface area contributed by atoms with Crippen LogP contribution in [-0.4, -0.2) is 37.2 Å². The van der Waals surface area contributed by atoms with Crippen LogP contribution in [0, 0.1) is 0 Å². The molecule has 0 aliphatic heterocycles. The molecule has 0 N–H and O–H groups in total. The minimum atomic E-state index is -0.771. The maximum Gasteiger partial charge on any atom is 0.306 e. The minimum absolute atomic E-state index is 0.0681. The van der Waals surface area contributed by atoms with E-state index in [0.29, 0.717) is 19.3 Å². The van der Waals surface area contributed by atoms with Crippen molar-refractivity contribution in [1.82, 2.24) is 0 Å². The summed E-state index contributed by atoms with van der Waals surface area (Å²) in [6, 6.07) is 0. The van der Waals surface area contributed by atoms with E-state index < -0.39 is 6.10 Å². The van der Waals surface area contributed by atoms with Crippen LogP contribution in [0.15, 0.2) is 24.3 Å². The van der Waals surface area contributed by atoms with Gasteiger partial charge in [-0.15, -0.1) is 0 Å². The Morgan fingerprint density at radius 3 is 0.693 bits per heavy atom. The van der Waals surface area contributed by atoms with Gasteiger partial charge >= 0.3 is 17.9 Å². The summed E-state index contributed by atoms with van der Waals surface area (Å²) in [5.41, 5.74) is 0. The van der Waals surface area contributed by atoms with E-state index in [1.807, 2.05) is 0 Å². The molecule has 0 spiro atoms. The number of esters is 3. The van der Waals surface area contributed by atoms with E-state index in [0.717, 1.165) is 64.2 Å². The third-order valence-corrected chi connectivity index (χ3v) is 15.4. The highest BCUT2D eigenvalue weighted by Gasteiger charge is 2.19. The predicted molar refractivity (Wildman–Crippen MR) is 326 cm³/mol. The van der Waals surface area contributed by atoms with Gasteiger partial charge in [0.1, 0.15) is 13.2 Å². The molecule has 0 saturated heterocycles. The lowest BCUT2D eigenvalue weighted by Crippen LogP contribution is -2.30. The Morgan fingerprint density at radius 2 is 0.440 bits per heavy atom. The van der Waals surface area contributed by atoms with Crippen molar-refractivity contribution in [3.05, 3.63) is 24.3 Å². The smallest absolute Gasteiger partial charge is 0.306 e. The van der Waals surface area contributed by atoms with Gasteiger partial charge in [-0.25, -0.2) is 0 Å². The van der Waals surface area contributed by atoms with Crippen LogP contribution in [0.5, 0.6) is 0 Å². The molecule has 442 valence electrons. The summed E-state index contributed by atoms with van der Waals surface area (Å²) in [7, 11) is 0. The molecular formula is C69H130O6. The molecule has 0 rings (SSSR count). The lowest BCUT2D eigenvalue weighted by Gasteiger charge is -2.18. The Labute approximate surface area is 468 Å². The molecule has 6 nitrogen and oxygen atoms in total. The zero-order valence-electron chi connectivity index (χ0n) is 50.8. The quantitative estimate of drug-likeness (QED) is 0.0261. The zero-order valence-corrected chi connectivity index (χ0v) is 50.8. The topological polar surface area (TPSA) is 78.9 Å². The van der Waals surface area contributed by atoms with Gasteiger partial charge in [-0.05, 0) is 70.6 Å². The van der Waals surface area contributed by atoms with Gasteiger partial charge in [0.2, 0.25) is 0 Å². The number of allylic oxidation sites excluding steroid dienone is 4. The molecule has 0 aromatic rings. The van der Waals surface area contributed by atoms with Gasteiger partial charge in [0.05, 0.1) is 0 Å². The SMILES string of the molecule is CCCCC/C=C\CCCCCCCC(=O)OCC(COC(=O)CCCCCCCCCCCCCCCCC/C=C\CCCCCCCCCC)OC(=O)CCCCCCCCCCCCCCCCCCCC. The van der Waals surface area contributed by atoms with Gasteiger partial charge in [-0.1, -0.05) is 315 Å². The Hall–Kier alpha value is -2.11. The molecule has 0 saturated carbocycles. The summed E-state index contributed by atoms with van der Waals surface area (Å²) >= 11 is 0. The first-order valence-corrected chi connectivity index (χ1v) is 33.8. The maximum atomic E-state index is 12.9. The van der Waals surface area contributed by atoms with Crippen LogP contribution in [0.2, 0.25) is 0 Å². The first kappa shape index (κ1) is 72.9. The largest absolute Gasteiger partial charge is 0.462 e. The number of carbonyl (C=O) groups is 3. The fraction of sp³-hybridized carbons (Fsp3) is 0.899. The molecule has 0 amide bonds. The van der Waals surface area contributed by atoms with Gasteiger partial charge in [0, 0.05) is 19.3 Å². The van der Waals surface area contributed by atoms with E-state index in [-0.39, 0.29) is 31.1 Å². The van der Waals surface area contributed by atoms with Crippen LogP contribution in [0.4, 0.5) is 0 Å². The highest BCUT2D eigenvalue weighted by atomic mass is 16.6. The summed E-state index contributed by atoms with van der Waals surface area (Å²) in [6.07, 6.45) is 77.8. The second kappa shape index (κ2) is 64.4. The number of hydrogen-bond acceptors (Lipinski definition) is 6. The number of unbranched alkanes of at least 4 members (excludes halogenated alkanes) is 48. The van der Waals surface area contributed by atoms with E-state index in [1.165, 1.54) is 276 Å². The second-order valence-electron chi connectivity index (χ2n) is 23.1. The van der Waals surface area contributed by atoms with Crippen molar-refractivity contribution < 1.29 is 28.6 Å². The summed E-state index contributed by atoms with van der Waals surface area (Å²) < 4.78 is 16.9. The van der Waals surface area contributed by atoms with Crippen molar-refractivity contribution in [2.24, 2.45) is 0 Å². The molecule has 0 radical (unpaired) electrons. The standard InChI is InChI=1S/C69H130O6/c1-4-7-10-13-16-19-22-25-27-29-31-32-33-34-35-36-37-38-39-41-42-44-47-50-53-56-59-62-68(71)74-65-66(64-73-67(70)61-58-55-52-49-46-24-21-18-15-12-9-6-3)75-69(72)63-60-57-54-51-48-45-43-40-30-28-26-23-20-17-14-11-8-5-2/h18,21,29,31,66H,4-17,19-20,22-28,30,32-65H2,1-3H3/b21-18-,31-29-. The van der Waals surface area contributed by atoms with E-state index in [4.69, 9.17) is 14.2 Å². The minimum Gasteiger partial charge on any atom is -0.462 e. The predicted octanol–water partition coefficient (Wildman–Crippen LogP) is 23.0.